The van der Waals surface area contributed by atoms with Gasteiger partial charge in [-0.15, -0.1) is 0 Å². The number of thioether (sulfide) groups is 1. The Morgan fingerprint density at radius 2 is 2.29 bits per heavy atom. The summed E-state index contributed by atoms with van der Waals surface area (Å²) < 4.78 is 0.345. The van der Waals surface area contributed by atoms with Gasteiger partial charge < -0.3 is 10.4 Å². The van der Waals surface area contributed by atoms with Crippen LogP contribution < -0.4 is 5.32 Å². The lowest BCUT2D eigenvalue weighted by Gasteiger charge is -2.38. The summed E-state index contributed by atoms with van der Waals surface area (Å²) in [6.45, 7) is 8.21. The van der Waals surface area contributed by atoms with Gasteiger partial charge in [-0.2, -0.15) is 11.8 Å². The van der Waals surface area contributed by atoms with E-state index in [4.69, 9.17) is 0 Å². The Morgan fingerprint density at radius 1 is 1.57 bits per heavy atom. The first-order valence-electron chi connectivity index (χ1n) is 5.22. The topological polar surface area (TPSA) is 35.5 Å². The van der Waals surface area contributed by atoms with E-state index >= 15 is 0 Å². The highest BCUT2D eigenvalue weighted by molar-refractivity contribution is 8.00. The van der Waals surface area contributed by atoms with Gasteiger partial charge in [0.15, 0.2) is 0 Å². The first-order valence-corrected chi connectivity index (χ1v) is 6.21. The zero-order valence-corrected chi connectivity index (χ0v) is 10.2. The molecule has 1 aliphatic heterocycles. The van der Waals surface area contributed by atoms with Gasteiger partial charge in [-0.1, -0.05) is 0 Å². The molecule has 1 unspecified atom stereocenters. The van der Waals surface area contributed by atoms with Crippen molar-refractivity contribution >= 4 is 11.8 Å². The van der Waals surface area contributed by atoms with Crippen molar-refractivity contribution in [3.05, 3.63) is 0 Å². The maximum atomic E-state index is 9.66. The second kappa shape index (κ2) is 5.35. The fraction of sp³-hybridized carbons (Fsp3) is 1.00. The largest absolute Gasteiger partial charge is 0.390 e. The number of hydrogen-bond donors (Lipinski definition) is 2. The molecule has 0 aromatic heterocycles. The SMILES string of the molecule is CNCC(O)CN1CCSC(C)(C)C1. The van der Waals surface area contributed by atoms with Gasteiger partial charge >= 0.3 is 0 Å². The van der Waals surface area contributed by atoms with Crippen LogP contribution in [0.25, 0.3) is 0 Å². The van der Waals surface area contributed by atoms with E-state index in [2.05, 4.69) is 24.1 Å². The van der Waals surface area contributed by atoms with Crippen molar-refractivity contribution in [3.63, 3.8) is 0 Å². The number of nitrogens with one attached hydrogen (secondary N) is 1. The summed E-state index contributed by atoms with van der Waals surface area (Å²) in [5, 5.41) is 12.7. The van der Waals surface area contributed by atoms with Crippen molar-refractivity contribution in [1.29, 1.82) is 0 Å². The second-order valence-electron chi connectivity index (χ2n) is 4.55. The van der Waals surface area contributed by atoms with Crippen LogP contribution >= 0.6 is 11.8 Å². The molecule has 1 atom stereocenters. The summed E-state index contributed by atoms with van der Waals surface area (Å²) in [6, 6.07) is 0. The van der Waals surface area contributed by atoms with Crippen LogP contribution in [0.15, 0.2) is 0 Å². The molecule has 84 valence electrons. The van der Waals surface area contributed by atoms with Crippen molar-refractivity contribution in [3.8, 4) is 0 Å². The van der Waals surface area contributed by atoms with Gasteiger partial charge in [0.05, 0.1) is 6.10 Å². The van der Waals surface area contributed by atoms with Gasteiger partial charge in [-0.05, 0) is 20.9 Å². The Morgan fingerprint density at radius 3 is 2.86 bits per heavy atom. The van der Waals surface area contributed by atoms with E-state index in [1.54, 1.807) is 0 Å². The quantitative estimate of drug-likeness (QED) is 0.716. The van der Waals surface area contributed by atoms with E-state index in [0.29, 0.717) is 11.3 Å². The summed E-state index contributed by atoms with van der Waals surface area (Å²) in [7, 11) is 1.87. The molecule has 0 radical (unpaired) electrons. The highest BCUT2D eigenvalue weighted by Crippen LogP contribution is 2.29. The Bertz CT molecular complexity index is 176. The Labute approximate surface area is 91.2 Å². The lowest BCUT2D eigenvalue weighted by molar-refractivity contribution is 0.110. The number of aliphatic hydroxyl groups excluding tert-OH is 1. The van der Waals surface area contributed by atoms with Crippen molar-refractivity contribution in [1.82, 2.24) is 10.2 Å². The first-order chi connectivity index (χ1) is 6.53. The van der Waals surface area contributed by atoms with Crippen molar-refractivity contribution in [2.24, 2.45) is 0 Å². The van der Waals surface area contributed by atoms with E-state index in [1.807, 2.05) is 18.8 Å². The minimum absolute atomic E-state index is 0.237. The Hall–Kier alpha value is 0.230. The molecule has 4 heteroatoms. The van der Waals surface area contributed by atoms with Gasteiger partial charge in [-0.3, -0.25) is 4.90 Å². The molecule has 2 N–H and O–H groups in total. The lowest BCUT2D eigenvalue weighted by Crippen LogP contribution is -2.47. The van der Waals surface area contributed by atoms with Gasteiger partial charge in [-0.25, -0.2) is 0 Å². The van der Waals surface area contributed by atoms with Crippen LogP contribution in [0.4, 0.5) is 0 Å². The van der Waals surface area contributed by atoms with Gasteiger partial charge in [0.25, 0.3) is 0 Å². The Kier molecular flexibility index (Phi) is 4.70. The van der Waals surface area contributed by atoms with Crippen LogP contribution in [0.2, 0.25) is 0 Å². The molecule has 1 aliphatic rings. The predicted octanol–water partition coefficient (Wildman–Crippen LogP) is 0.394. The third-order valence-corrected chi connectivity index (χ3v) is 3.71. The average Bonchev–Trinajstić information content (AvgIpc) is 2.02. The first kappa shape index (κ1) is 12.3. The number of nitrogens with zero attached hydrogens (tertiary/aromatic N) is 1. The third-order valence-electron chi connectivity index (χ3n) is 2.41. The Balaban J connectivity index is 2.30. The predicted molar refractivity (Wildman–Crippen MR) is 62.9 cm³/mol. The molecular formula is C10H22N2OS. The van der Waals surface area contributed by atoms with E-state index in [-0.39, 0.29) is 6.10 Å². The van der Waals surface area contributed by atoms with Crippen LogP contribution in [0.1, 0.15) is 13.8 Å². The maximum Gasteiger partial charge on any atom is 0.0791 e. The smallest absolute Gasteiger partial charge is 0.0791 e. The molecule has 0 amide bonds. The zero-order chi connectivity index (χ0) is 10.6. The molecule has 0 spiro atoms. The number of likely N-dealkylation sites (N-methyl/N-ethyl adjacent to an activating group) is 1. The fourth-order valence-electron chi connectivity index (χ4n) is 1.87. The highest BCUT2D eigenvalue weighted by Gasteiger charge is 2.27. The molecular weight excluding hydrogens is 196 g/mol. The molecule has 0 aromatic rings. The molecule has 0 bridgehead atoms. The molecule has 1 heterocycles. The van der Waals surface area contributed by atoms with Gasteiger partial charge in [0, 0.05) is 36.7 Å². The van der Waals surface area contributed by atoms with E-state index in [0.717, 1.165) is 19.6 Å². The summed E-state index contributed by atoms with van der Waals surface area (Å²) in [5.41, 5.74) is 0. The number of hydrogen-bond acceptors (Lipinski definition) is 4. The third kappa shape index (κ3) is 4.17. The lowest BCUT2D eigenvalue weighted by atomic mass is 10.1. The standard InChI is InChI=1S/C10H22N2OS/c1-10(2)8-12(4-5-14-10)7-9(13)6-11-3/h9,11,13H,4-8H2,1-3H3. The van der Waals surface area contributed by atoms with Crippen LogP contribution in [0.3, 0.4) is 0 Å². The van der Waals surface area contributed by atoms with Gasteiger partial charge in [0.1, 0.15) is 0 Å². The fourth-order valence-corrected chi connectivity index (χ4v) is 3.04. The minimum atomic E-state index is -0.237. The number of aliphatic hydroxyl groups is 1. The second-order valence-corrected chi connectivity index (χ2v) is 6.36. The van der Waals surface area contributed by atoms with E-state index in [1.165, 1.54) is 5.75 Å². The van der Waals surface area contributed by atoms with Crippen LogP contribution in [-0.2, 0) is 0 Å². The summed E-state index contributed by atoms with van der Waals surface area (Å²) >= 11 is 2.03. The van der Waals surface area contributed by atoms with Crippen LogP contribution in [0, 0.1) is 0 Å². The molecule has 14 heavy (non-hydrogen) atoms. The van der Waals surface area contributed by atoms with Crippen molar-refractivity contribution < 1.29 is 5.11 Å². The van der Waals surface area contributed by atoms with E-state index < -0.39 is 0 Å². The normalized spacial score (nSPS) is 24.9. The molecule has 1 saturated heterocycles. The van der Waals surface area contributed by atoms with Crippen LogP contribution in [-0.4, -0.2) is 59.8 Å². The summed E-state index contributed by atoms with van der Waals surface area (Å²) in [6.07, 6.45) is -0.237. The van der Waals surface area contributed by atoms with Crippen molar-refractivity contribution in [2.75, 3.05) is 39.0 Å². The summed E-state index contributed by atoms with van der Waals surface area (Å²) in [4.78, 5) is 2.36. The number of β-amino-alcohol motifs (C(OH)–C–C–N with tert-alkyl or cyclic N) is 1. The molecule has 0 aromatic carbocycles. The molecule has 0 aliphatic carbocycles. The zero-order valence-electron chi connectivity index (χ0n) is 9.42. The molecule has 1 fully saturated rings. The maximum absolute atomic E-state index is 9.66. The number of rotatable bonds is 4. The molecule has 1 rings (SSSR count). The molecule has 3 nitrogen and oxygen atoms in total. The van der Waals surface area contributed by atoms with Crippen molar-refractivity contribution in [2.45, 2.75) is 24.7 Å². The summed E-state index contributed by atoms with van der Waals surface area (Å²) in [5.74, 6) is 1.18. The highest BCUT2D eigenvalue weighted by atomic mass is 32.2. The molecule has 0 saturated carbocycles. The average molecular weight is 218 g/mol. The van der Waals surface area contributed by atoms with Gasteiger partial charge in [0.2, 0.25) is 0 Å². The van der Waals surface area contributed by atoms with E-state index in [9.17, 15) is 5.11 Å². The monoisotopic (exact) mass is 218 g/mol. The van der Waals surface area contributed by atoms with Crippen LogP contribution in [0.5, 0.6) is 0 Å². The minimum Gasteiger partial charge on any atom is -0.390 e.